The second-order valence-corrected chi connectivity index (χ2v) is 6.30. The number of rotatable bonds is 3. The predicted octanol–water partition coefficient (Wildman–Crippen LogP) is 4.55. The molecule has 0 nitrogen and oxygen atoms in total. The van der Waals surface area contributed by atoms with Crippen LogP contribution in [0, 0.1) is 5.92 Å². The van der Waals surface area contributed by atoms with E-state index in [1.165, 1.54) is 11.1 Å². The van der Waals surface area contributed by atoms with E-state index in [2.05, 4.69) is 38.1 Å². The van der Waals surface area contributed by atoms with Gasteiger partial charge in [-0.1, -0.05) is 38.1 Å². The molecule has 15 heavy (non-hydrogen) atoms. The van der Waals surface area contributed by atoms with Crippen LogP contribution in [0.3, 0.4) is 0 Å². The molecule has 1 saturated carbocycles. The molecule has 1 aromatic rings. The van der Waals surface area contributed by atoms with Crippen molar-refractivity contribution in [1.82, 2.24) is 0 Å². The van der Waals surface area contributed by atoms with Gasteiger partial charge in [-0.3, -0.25) is 0 Å². The van der Waals surface area contributed by atoms with Gasteiger partial charge in [0.25, 0.3) is 0 Å². The van der Waals surface area contributed by atoms with Crippen molar-refractivity contribution in [3.05, 3.63) is 35.4 Å². The van der Waals surface area contributed by atoms with Gasteiger partial charge in [0.2, 0.25) is 0 Å². The number of halogens is 2. The van der Waals surface area contributed by atoms with Gasteiger partial charge in [0.15, 0.2) is 0 Å². The fourth-order valence-electron chi connectivity index (χ4n) is 1.81. The second-order valence-electron chi connectivity index (χ2n) is 4.76. The molecule has 1 aliphatic carbocycles. The minimum Gasteiger partial charge on any atom is -0.101 e. The molecular formula is C13H16Cl2. The summed E-state index contributed by atoms with van der Waals surface area (Å²) in [5.74, 6) is 1.05. The molecule has 2 rings (SSSR count). The highest BCUT2D eigenvalue weighted by Crippen LogP contribution is 2.54. The van der Waals surface area contributed by atoms with E-state index in [0.717, 1.165) is 12.8 Å². The Morgan fingerprint density at radius 2 is 1.80 bits per heavy atom. The number of alkyl halides is 2. The normalized spacial score (nSPS) is 23.1. The van der Waals surface area contributed by atoms with Crippen LogP contribution in [-0.2, 0) is 6.42 Å². The maximum absolute atomic E-state index is 6.00. The summed E-state index contributed by atoms with van der Waals surface area (Å²) < 4.78 is -0.448. The lowest BCUT2D eigenvalue weighted by Gasteiger charge is -2.06. The van der Waals surface area contributed by atoms with E-state index in [-0.39, 0.29) is 0 Å². The van der Waals surface area contributed by atoms with Gasteiger partial charge in [-0.05, 0) is 35.8 Å². The van der Waals surface area contributed by atoms with Gasteiger partial charge >= 0.3 is 0 Å². The molecular weight excluding hydrogens is 227 g/mol. The van der Waals surface area contributed by atoms with Crippen molar-refractivity contribution in [2.75, 3.05) is 0 Å². The lowest BCUT2D eigenvalue weighted by atomic mass is 10.00. The van der Waals surface area contributed by atoms with E-state index in [0.29, 0.717) is 11.8 Å². The maximum Gasteiger partial charge on any atom is 0.121 e. The van der Waals surface area contributed by atoms with Gasteiger partial charge in [-0.25, -0.2) is 0 Å². The van der Waals surface area contributed by atoms with Crippen molar-refractivity contribution >= 4 is 23.2 Å². The molecule has 0 aliphatic heterocycles. The van der Waals surface area contributed by atoms with Crippen LogP contribution in [0.1, 0.15) is 37.3 Å². The van der Waals surface area contributed by atoms with Gasteiger partial charge < -0.3 is 0 Å². The zero-order valence-electron chi connectivity index (χ0n) is 9.13. The number of hydrogen-bond donors (Lipinski definition) is 0. The summed E-state index contributed by atoms with van der Waals surface area (Å²) in [6, 6.07) is 8.79. The van der Waals surface area contributed by atoms with Crippen molar-refractivity contribution in [3.8, 4) is 0 Å². The average molecular weight is 243 g/mol. The van der Waals surface area contributed by atoms with Gasteiger partial charge in [-0.2, -0.15) is 0 Å². The number of benzene rings is 1. The Morgan fingerprint density at radius 1 is 1.27 bits per heavy atom. The standard InChI is InChI=1S/C13H16Cl2/c1-9(2)11-5-3-10(4-6-11)7-12-8-13(12,14)15/h3-6,9,12H,7-8H2,1-2H3. The molecule has 0 saturated heterocycles. The van der Waals surface area contributed by atoms with Crippen LogP contribution < -0.4 is 0 Å². The zero-order valence-corrected chi connectivity index (χ0v) is 10.6. The zero-order chi connectivity index (χ0) is 11.1. The van der Waals surface area contributed by atoms with E-state index in [4.69, 9.17) is 23.2 Å². The smallest absolute Gasteiger partial charge is 0.101 e. The molecule has 1 atom stereocenters. The van der Waals surface area contributed by atoms with Crippen molar-refractivity contribution in [1.29, 1.82) is 0 Å². The minimum atomic E-state index is -0.448. The Morgan fingerprint density at radius 3 is 2.20 bits per heavy atom. The van der Waals surface area contributed by atoms with E-state index < -0.39 is 4.33 Å². The topological polar surface area (TPSA) is 0 Å². The molecule has 82 valence electrons. The van der Waals surface area contributed by atoms with Gasteiger partial charge in [0.1, 0.15) is 4.33 Å². The Labute approximate surface area is 102 Å². The molecule has 0 amide bonds. The molecule has 0 spiro atoms. The Balaban J connectivity index is 1.99. The predicted molar refractivity (Wildman–Crippen MR) is 66.8 cm³/mol. The van der Waals surface area contributed by atoms with Crippen LogP contribution >= 0.6 is 23.2 Å². The molecule has 1 aromatic carbocycles. The molecule has 1 aliphatic rings. The van der Waals surface area contributed by atoms with Crippen LogP contribution in [0.25, 0.3) is 0 Å². The first kappa shape index (κ1) is 11.3. The maximum atomic E-state index is 6.00. The third kappa shape index (κ3) is 2.68. The third-order valence-electron chi connectivity index (χ3n) is 3.08. The van der Waals surface area contributed by atoms with E-state index >= 15 is 0 Å². The highest BCUT2D eigenvalue weighted by atomic mass is 35.5. The van der Waals surface area contributed by atoms with E-state index in [1.807, 2.05) is 0 Å². The van der Waals surface area contributed by atoms with Gasteiger partial charge in [0, 0.05) is 0 Å². The quantitative estimate of drug-likeness (QED) is 0.683. The Hall–Kier alpha value is -0.200. The van der Waals surface area contributed by atoms with Crippen LogP contribution in [-0.4, -0.2) is 4.33 Å². The van der Waals surface area contributed by atoms with Crippen LogP contribution in [0.4, 0.5) is 0 Å². The van der Waals surface area contributed by atoms with Gasteiger partial charge in [0.05, 0.1) is 0 Å². The molecule has 0 bridgehead atoms. The Kier molecular flexibility index (Phi) is 3.00. The Bertz CT molecular complexity index is 338. The lowest BCUT2D eigenvalue weighted by Crippen LogP contribution is -1.95. The first-order valence-electron chi connectivity index (χ1n) is 5.45. The monoisotopic (exact) mass is 242 g/mol. The van der Waals surface area contributed by atoms with Crippen molar-refractivity contribution in [2.45, 2.75) is 36.9 Å². The molecule has 2 heteroatoms. The van der Waals surface area contributed by atoms with Crippen LogP contribution in [0.15, 0.2) is 24.3 Å². The highest BCUT2D eigenvalue weighted by molar-refractivity contribution is 6.50. The SMILES string of the molecule is CC(C)c1ccc(CC2CC2(Cl)Cl)cc1. The van der Waals surface area contributed by atoms with Crippen molar-refractivity contribution in [2.24, 2.45) is 5.92 Å². The summed E-state index contributed by atoms with van der Waals surface area (Å²) >= 11 is 12.0. The molecule has 1 unspecified atom stereocenters. The fraction of sp³-hybridized carbons (Fsp3) is 0.538. The molecule has 1 fully saturated rings. The summed E-state index contributed by atoms with van der Waals surface area (Å²) in [6.07, 6.45) is 1.94. The highest BCUT2D eigenvalue weighted by Gasteiger charge is 2.51. The minimum absolute atomic E-state index is 0.448. The average Bonchev–Trinajstić information content (AvgIpc) is 2.74. The summed E-state index contributed by atoms with van der Waals surface area (Å²) in [6.45, 7) is 4.41. The van der Waals surface area contributed by atoms with Crippen LogP contribution in [0.2, 0.25) is 0 Å². The second kappa shape index (κ2) is 3.99. The summed E-state index contributed by atoms with van der Waals surface area (Å²) in [7, 11) is 0. The number of hydrogen-bond acceptors (Lipinski definition) is 0. The first-order chi connectivity index (χ1) is 6.99. The van der Waals surface area contributed by atoms with Crippen LogP contribution in [0.5, 0.6) is 0 Å². The summed E-state index contributed by atoms with van der Waals surface area (Å²) in [5.41, 5.74) is 2.73. The molecule has 0 heterocycles. The third-order valence-corrected chi connectivity index (χ3v) is 4.01. The molecule has 0 N–H and O–H groups in total. The summed E-state index contributed by atoms with van der Waals surface area (Å²) in [4.78, 5) is 0. The fourth-order valence-corrected chi connectivity index (χ4v) is 2.34. The van der Waals surface area contributed by atoms with Crippen molar-refractivity contribution in [3.63, 3.8) is 0 Å². The van der Waals surface area contributed by atoms with Gasteiger partial charge in [-0.15, -0.1) is 23.2 Å². The lowest BCUT2D eigenvalue weighted by molar-refractivity contribution is 0.815. The van der Waals surface area contributed by atoms with E-state index in [1.54, 1.807) is 0 Å². The van der Waals surface area contributed by atoms with Crippen molar-refractivity contribution < 1.29 is 0 Å². The summed E-state index contributed by atoms with van der Waals surface area (Å²) in [5, 5.41) is 0. The molecule has 0 radical (unpaired) electrons. The molecule has 0 aromatic heterocycles. The first-order valence-corrected chi connectivity index (χ1v) is 6.21. The largest absolute Gasteiger partial charge is 0.121 e. The van der Waals surface area contributed by atoms with E-state index in [9.17, 15) is 0 Å².